The van der Waals surface area contributed by atoms with E-state index in [1.807, 2.05) is 29.2 Å². The van der Waals surface area contributed by atoms with E-state index in [4.69, 9.17) is 11.6 Å². The van der Waals surface area contributed by atoms with Crippen molar-refractivity contribution in [1.29, 1.82) is 0 Å². The molecule has 1 aromatic rings. The Morgan fingerprint density at radius 3 is 2.38 bits per heavy atom. The number of hydrogen-bond acceptors (Lipinski definition) is 4. The van der Waals surface area contributed by atoms with E-state index in [1.54, 1.807) is 0 Å². The summed E-state index contributed by atoms with van der Waals surface area (Å²) < 4.78 is 0. The van der Waals surface area contributed by atoms with Crippen molar-refractivity contribution in [3.63, 3.8) is 0 Å². The summed E-state index contributed by atoms with van der Waals surface area (Å²) in [6.07, 6.45) is 0.858. The third-order valence-corrected chi connectivity index (χ3v) is 5.01. The number of carbonyl (C=O) groups excluding carboxylic acids is 3. The number of urea groups is 1. The number of halogens is 1. The number of hydrogen-bond donors (Lipinski definition) is 1. The summed E-state index contributed by atoms with van der Waals surface area (Å²) in [5.41, 5.74) is 1.21. The Morgan fingerprint density at radius 1 is 1.08 bits per heavy atom. The standard InChI is InChI=1S/C18H23ClN4O3/c19-15-5-3-14(4-6-15)13-21-8-10-22(11-9-21)16(24)2-1-7-23-17(25)12-20-18(23)26/h3-6H,1-2,7-13H2,(H,20,26). The maximum Gasteiger partial charge on any atom is 0.324 e. The normalized spacial score (nSPS) is 18.3. The van der Waals surface area contributed by atoms with Gasteiger partial charge in [0.15, 0.2) is 0 Å². The number of benzene rings is 1. The minimum absolute atomic E-state index is 0.0579. The number of amides is 4. The van der Waals surface area contributed by atoms with Crippen LogP contribution in [0.25, 0.3) is 0 Å². The number of imide groups is 1. The van der Waals surface area contributed by atoms with Crippen LogP contribution >= 0.6 is 11.6 Å². The fraction of sp³-hybridized carbons (Fsp3) is 0.500. The van der Waals surface area contributed by atoms with Gasteiger partial charge in [-0.05, 0) is 24.1 Å². The molecule has 0 unspecified atom stereocenters. The third kappa shape index (κ3) is 4.74. The van der Waals surface area contributed by atoms with Gasteiger partial charge in [-0.2, -0.15) is 0 Å². The minimum Gasteiger partial charge on any atom is -0.340 e. The van der Waals surface area contributed by atoms with Gasteiger partial charge in [-0.3, -0.25) is 19.4 Å². The molecule has 2 heterocycles. The van der Waals surface area contributed by atoms with Crippen LogP contribution in [0, 0.1) is 0 Å². The Labute approximate surface area is 157 Å². The van der Waals surface area contributed by atoms with Gasteiger partial charge in [-0.25, -0.2) is 4.79 Å². The first kappa shape index (κ1) is 18.7. The summed E-state index contributed by atoms with van der Waals surface area (Å²) in [6, 6.07) is 7.47. The van der Waals surface area contributed by atoms with E-state index in [-0.39, 0.29) is 24.4 Å². The molecule has 0 atom stereocenters. The monoisotopic (exact) mass is 378 g/mol. The zero-order chi connectivity index (χ0) is 18.5. The number of carbonyl (C=O) groups is 3. The van der Waals surface area contributed by atoms with Crippen molar-refractivity contribution in [1.82, 2.24) is 20.0 Å². The number of nitrogens with one attached hydrogen (secondary N) is 1. The second-order valence-corrected chi connectivity index (χ2v) is 7.03. The van der Waals surface area contributed by atoms with Crippen molar-refractivity contribution in [2.45, 2.75) is 19.4 Å². The molecule has 2 fully saturated rings. The lowest BCUT2D eigenvalue weighted by molar-refractivity contribution is -0.133. The van der Waals surface area contributed by atoms with Gasteiger partial charge in [0.1, 0.15) is 0 Å². The zero-order valence-corrected chi connectivity index (χ0v) is 15.4. The SMILES string of the molecule is O=C(CCCN1C(=O)CNC1=O)N1CCN(Cc2ccc(Cl)cc2)CC1. The Bertz CT molecular complexity index is 656. The van der Waals surface area contributed by atoms with Crippen LogP contribution in [0.3, 0.4) is 0 Å². The first-order valence-electron chi connectivity index (χ1n) is 8.86. The van der Waals surface area contributed by atoms with Gasteiger partial charge >= 0.3 is 6.03 Å². The molecule has 2 saturated heterocycles. The van der Waals surface area contributed by atoms with Crippen molar-refractivity contribution in [3.8, 4) is 0 Å². The van der Waals surface area contributed by atoms with E-state index in [0.29, 0.717) is 32.5 Å². The maximum absolute atomic E-state index is 12.3. The molecule has 0 aromatic heterocycles. The highest BCUT2D eigenvalue weighted by atomic mass is 35.5. The van der Waals surface area contributed by atoms with Crippen molar-refractivity contribution in [2.75, 3.05) is 39.3 Å². The molecule has 7 nitrogen and oxygen atoms in total. The Balaban J connectivity index is 1.37. The van der Waals surface area contributed by atoms with Crippen LogP contribution < -0.4 is 5.32 Å². The third-order valence-electron chi connectivity index (χ3n) is 4.75. The predicted octanol–water partition coefficient (Wildman–Crippen LogP) is 1.32. The Hall–Kier alpha value is -2.12. The van der Waals surface area contributed by atoms with E-state index in [9.17, 15) is 14.4 Å². The van der Waals surface area contributed by atoms with E-state index < -0.39 is 0 Å². The molecule has 2 aliphatic rings. The van der Waals surface area contributed by atoms with Crippen LogP contribution in [0.2, 0.25) is 5.02 Å². The summed E-state index contributed by atoms with van der Waals surface area (Å²) in [5.74, 6) is -0.138. The largest absolute Gasteiger partial charge is 0.340 e. The summed E-state index contributed by atoms with van der Waals surface area (Å²) >= 11 is 5.91. The van der Waals surface area contributed by atoms with Gasteiger partial charge in [0.2, 0.25) is 11.8 Å². The highest BCUT2D eigenvalue weighted by Crippen LogP contribution is 2.13. The smallest absolute Gasteiger partial charge is 0.324 e. The van der Waals surface area contributed by atoms with Crippen molar-refractivity contribution in [2.24, 2.45) is 0 Å². The molecule has 0 radical (unpaired) electrons. The Morgan fingerprint density at radius 2 is 1.77 bits per heavy atom. The highest BCUT2D eigenvalue weighted by Gasteiger charge is 2.28. The van der Waals surface area contributed by atoms with Crippen LogP contribution in [0.1, 0.15) is 18.4 Å². The minimum atomic E-state index is -0.363. The summed E-state index contributed by atoms with van der Waals surface area (Å²) in [5, 5.41) is 3.21. The second-order valence-electron chi connectivity index (χ2n) is 6.59. The number of piperazine rings is 1. The molecular weight excluding hydrogens is 356 g/mol. The molecule has 0 aliphatic carbocycles. The fourth-order valence-electron chi connectivity index (χ4n) is 3.23. The van der Waals surface area contributed by atoms with Crippen molar-refractivity contribution >= 4 is 29.4 Å². The zero-order valence-electron chi connectivity index (χ0n) is 14.6. The maximum atomic E-state index is 12.3. The number of rotatable bonds is 6. The van der Waals surface area contributed by atoms with Crippen molar-refractivity contribution < 1.29 is 14.4 Å². The fourth-order valence-corrected chi connectivity index (χ4v) is 3.36. The van der Waals surface area contributed by atoms with Gasteiger partial charge in [0.25, 0.3) is 0 Å². The van der Waals surface area contributed by atoms with Crippen LogP contribution in [0.4, 0.5) is 4.79 Å². The number of nitrogens with zero attached hydrogens (tertiary/aromatic N) is 3. The average molecular weight is 379 g/mol. The lowest BCUT2D eigenvalue weighted by Gasteiger charge is -2.35. The molecule has 3 rings (SSSR count). The molecule has 26 heavy (non-hydrogen) atoms. The van der Waals surface area contributed by atoms with E-state index in [2.05, 4.69) is 10.2 Å². The van der Waals surface area contributed by atoms with Crippen LogP contribution in [-0.2, 0) is 16.1 Å². The van der Waals surface area contributed by atoms with Crippen LogP contribution in [0.5, 0.6) is 0 Å². The molecule has 0 bridgehead atoms. The molecule has 1 N–H and O–H groups in total. The summed E-state index contributed by atoms with van der Waals surface area (Å²) in [6.45, 7) is 4.29. The molecule has 4 amide bonds. The second kappa shape index (κ2) is 8.51. The van der Waals surface area contributed by atoms with Gasteiger partial charge in [-0.15, -0.1) is 0 Å². The average Bonchev–Trinajstić information content (AvgIpc) is 2.96. The van der Waals surface area contributed by atoms with Crippen molar-refractivity contribution in [3.05, 3.63) is 34.9 Å². The first-order valence-corrected chi connectivity index (χ1v) is 9.23. The Kier molecular flexibility index (Phi) is 6.11. The first-order chi connectivity index (χ1) is 12.5. The lowest BCUT2D eigenvalue weighted by atomic mass is 10.2. The molecule has 0 saturated carbocycles. The predicted molar refractivity (Wildman–Crippen MR) is 97.7 cm³/mol. The highest BCUT2D eigenvalue weighted by molar-refractivity contribution is 6.30. The molecular formula is C18H23ClN4O3. The molecule has 0 spiro atoms. The van der Waals surface area contributed by atoms with Crippen LogP contribution in [-0.4, -0.2) is 71.8 Å². The van der Waals surface area contributed by atoms with Gasteiger partial charge in [0, 0.05) is 50.7 Å². The van der Waals surface area contributed by atoms with Gasteiger partial charge in [0.05, 0.1) is 6.54 Å². The molecule has 8 heteroatoms. The van der Waals surface area contributed by atoms with Crippen LogP contribution in [0.15, 0.2) is 24.3 Å². The van der Waals surface area contributed by atoms with E-state index >= 15 is 0 Å². The molecule has 2 aliphatic heterocycles. The quantitative estimate of drug-likeness (QED) is 0.758. The van der Waals surface area contributed by atoms with E-state index in [1.165, 1.54) is 10.5 Å². The lowest BCUT2D eigenvalue weighted by Crippen LogP contribution is -2.48. The van der Waals surface area contributed by atoms with E-state index in [0.717, 1.165) is 24.7 Å². The van der Waals surface area contributed by atoms with Gasteiger partial charge < -0.3 is 10.2 Å². The molecule has 1 aromatic carbocycles. The topological polar surface area (TPSA) is 73.0 Å². The summed E-state index contributed by atoms with van der Waals surface area (Å²) in [4.78, 5) is 40.6. The van der Waals surface area contributed by atoms with Gasteiger partial charge in [-0.1, -0.05) is 23.7 Å². The summed E-state index contributed by atoms with van der Waals surface area (Å²) in [7, 11) is 0. The molecule has 140 valence electrons.